The SMILES string of the molecule is CCOC(=O)/C(Oc1cccc(C)c1)=C(/C)C#N. The van der Waals surface area contributed by atoms with Gasteiger partial charge >= 0.3 is 5.97 Å². The van der Waals surface area contributed by atoms with E-state index in [-0.39, 0.29) is 17.9 Å². The zero-order valence-electron chi connectivity index (χ0n) is 10.7. The molecule has 0 amide bonds. The lowest BCUT2D eigenvalue weighted by atomic mass is 10.2. The number of hydrogen-bond acceptors (Lipinski definition) is 4. The zero-order chi connectivity index (χ0) is 13.5. The fourth-order valence-electron chi connectivity index (χ4n) is 1.32. The first kappa shape index (κ1) is 13.8. The molecule has 1 aromatic carbocycles. The molecule has 0 bridgehead atoms. The van der Waals surface area contributed by atoms with Crippen LogP contribution in [-0.2, 0) is 9.53 Å². The number of rotatable bonds is 4. The van der Waals surface area contributed by atoms with E-state index in [4.69, 9.17) is 14.7 Å². The third kappa shape index (κ3) is 3.63. The van der Waals surface area contributed by atoms with E-state index < -0.39 is 5.97 Å². The zero-order valence-corrected chi connectivity index (χ0v) is 10.7. The quantitative estimate of drug-likeness (QED) is 0.354. The molecule has 1 rings (SSSR count). The minimum absolute atomic E-state index is 0.0649. The maximum absolute atomic E-state index is 11.7. The Hall–Kier alpha value is -2.28. The van der Waals surface area contributed by atoms with Crippen molar-refractivity contribution in [1.82, 2.24) is 0 Å². The van der Waals surface area contributed by atoms with Gasteiger partial charge in [0.05, 0.1) is 18.2 Å². The van der Waals surface area contributed by atoms with Crippen LogP contribution in [0.4, 0.5) is 0 Å². The molecule has 0 aliphatic carbocycles. The first-order valence-electron chi connectivity index (χ1n) is 5.61. The highest BCUT2D eigenvalue weighted by molar-refractivity contribution is 5.88. The summed E-state index contributed by atoms with van der Waals surface area (Å²) in [5, 5.41) is 8.86. The summed E-state index contributed by atoms with van der Waals surface area (Å²) in [6, 6.07) is 9.12. The van der Waals surface area contributed by atoms with Crippen LogP contribution in [0.1, 0.15) is 19.4 Å². The van der Waals surface area contributed by atoms with Gasteiger partial charge in [0.25, 0.3) is 0 Å². The fourth-order valence-corrected chi connectivity index (χ4v) is 1.32. The van der Waals surface area contributed by atoms with Crippen molar-refractivity contribution in [1.29, 1.82) is 5.26 Å². The molecule has 0 spiro atoms. The van der Waals surface area contributed by atoms with Gasteiger partial charge in [0, 0.05) is 0 Å². The highest BCUT2D eigenvalue weighted by atomic mass is 16.6. The molecule has 0 saturated heterocycles. The molecule has 0 aliphatic rings. The van der Waals surface area contributed by atoms with E-state index in [9.17, 15) is 4.79 Å². The Kier molecular flexibility index (Phi) is 4.94. The van der Waals surface area contributed by atoms with Crippen LogP contribution in [0.15, 0.2) is 35.6 Å². The monoisotopic (exact) mass is 245 g/mol. The number of benzene rings is 1. The topological polar surface area (TPSA) is 59.3 Å². The van der Waals surface area contributed by atoms with Gasteiger partial charge in [-0.25, -0.2) is 4.79 Å². The summed E-state index contributed by atoms with van der Waals surface area (Å²) in [5.41, 5.74) is 1.19. The molecule has 0 atom stereocenters. The first-order valence-corrected chi connectivity index (χ1v) is 5.61. The van der Waals surface area contributed by atoms with Crippen LogP contribution in [0.25, 0.3) is 0 Å². The van der Waals surface area contributed by atoms with Gasteiger partial charge in [-0.1, -0.05) is 12.1 Å². The van der Waals surface area contributed by atoms with E-state index in [1.807, 2.05) is 25.1 Å². The predicted octanol–water partition coefficient (Wildman–Crippen LogP) is 2.73. The molecule has 0 N–H and O–H groups in total. The molecule has 0 unspecified atom stereocenters. The lowest BCUT2D eigenvalue weighted by Crippen LogP contribution is -2.14. The number of hydrogen-bond donors (Lipinski definition) is 0. The Balaban J connectivity index is 3.01. The summed E-state index contributed by atoms with van der Waals surface area (Å²) in [6.45, 7) is 5.36. The number of carbonyl (C=O) groups excluding carboxylic acids is 1. The van der Waals surface area contributed by atoms with Crippen LogP contribution in [0.5, 0.6) is 5.75 Å². The third-order valence-electron chi connectivity index (χ3n) is 2.18. The standard InChI is InChI=1S/C14H15NO3/c1-4-17-14(16)13(11(3)9-15)18-12-7-5-6-10(2)8-12/h5-8H,4H2,1-3H3/b13-11+. The van der Waals surface area contributed by atoms with Gasteiger partial charge in [-0.15, -0.1) is 0 Å². The number of aryl methyl sites for hydroxylation is 1. The average molecular weight is 245 g/mol. The summed E-state index contributed by atoms with van der Waals surface area (Å²) in [5.74, 6) is -0.185. The normalized spacial score (nSPS) is 11.2. The molecule has 0 saturated carbocycles. The predicted molar refractivity (Wildman–Crippen MR) is 66.8 cm³/mol. The summed E-state index contributed by atoms with van der Waals surface area (Å²) in [4.78, 5) is 11.7. The van der Waals surface area contributed by atoms with E-state index in [2.05, 4.69) is 0 Å². The molecule has 0 aromatic heterocycles. The van der Waals surface area contributed by atoms with Gasteiger partial charge in [0.2, 0.25) is 5.76 Å². The van der Waals surface area contributed by atoms with Crippen molar-refractivity contribution in [3.63, 3.8) is 0 Å². The minimum atomic E-state index is -0.627. The number of nitrogens with zero attached hydrogens (tertiary/aromatic N) is 1. The maximum Gasteiger partial charge on any atom is 0.375 e. The number of esters is 1. The van der Waals surface area contributed by atoms with Gasteiger partial charge < -0.3 is 9.47 Å². The average Bonchev–Trinajstić information content (AvgIpc) is 2.35. The van der Waals surface area contributed by atoms with Crippen LogP contribution in [0.2, 0.25) is 0 Å². The molecule has 4 nitrogen and oxygen atoms in total. The maximum atomic E-state index is 11.7. The molecule has 0 aliphatic heterocycles. The van der Waals surface area contributed by atoms with Gasteiger partial charge in [-0.2, -0.15) is 5.26 Å². The van der Waals surface area contributed by atoms with E-state index in [0.717, 1.165) is 5.56 Å². The van der Waals surface area contributed by atoms with Crippen molar-refractivity contribution in [3.05, 3.63) is 41.2 Å². The second-order valence-corrected chi connectivity index (χ2v) is 3.70. The highest BCUT2D eigenvalue weighted by Crippen LogP contribution is 2.18. The Morgan fingerprint density at radius 2 is 2.17 bits per heavy atom. The molecule has 0 radical (unpaired) electrons. The summed E-state index contributed by atoms with van der Waals surface area (Å²) < 4.78 is 10.3. The van der Waals surface area contributed by atoms with Crippen LogP contribution in [0, 0.1) is 18.3 Å². The van der Waals surface area contributed by atoms with Crippen molar-refractivity contribution >= 4 is 5.97 Å². The van der Waals surface area contributed by atoms with Gasteiger partial charge in [0.15, 0.2) is 0 Å². The second-order valence-electron chi connectivity index (χ2n) is 3.70. The number of nitriles is 1. The van der Waals surface area contributed by atoms with Crippen molar-refractivity contribution in [3.8, 4) is 11.8 Å². The summed E-state index contributed by atoms with van der Waals surface area (Å²) in [6.07, 6.45) is 0. The van der Waals surface area contributed by atoms with Gasteiger partial charge in [-0.05, 0) is 38.5 Å². The Labute approximate surface area is 106 Å². The number of allylic oxidation sites excluding steroid dienone is 1. The molecular formula is C14H15NO3. The minimum Gasteiger partial charge on any atom is -0.460 e. The van der Waals surface area contributed by atoms with Gasteiger partial charge in [0.1, 0.15) is 5.75 Å². The lowest BCUT2D eigenvalue weighted by Gasteiger charge is -2.10. The Morgan fingerprint density at radius 3 is 2.72 bits per heavy atom. The summed E-state index contributed by atoms with van der Waals surface area (Å²) >= 11 is 0. The molecular weight excluding hydrogens is 230 g/mol. The molecule has 0 fully saturated rings. The van der Waals surface area contributed by atoms with Crippen molar-refractivity contribution in [2.75, 3.05) is 6.61 Å². The largest absolute Gasteiger partial charge is 0.460 e. The van der Waals surface area contributed by atoms with E-state index in [1.54, 1.807) is 19.1 Å². The Bertz CT molecular complexity index is 512. The van der Waals surface area contributed by atoms with E-state index >= 15 is 0 Å². The van der Waals surface area contributed by atoms with Crippen molar-refractivity contribution < 1.29 is 14.3 Å². The van der Waals surface area contributed by atoms with E-state index in [0.29, 0.717) is 5.75 Å². The van der Waals surface area contributed by atoms with Crippen LogP contribution in [-0.4, -0.2) is 12.6 Å². The molecule has 0 heterocycles. The van der Waals surface area contributed by atoms with Gasteiger partial charge in [-0.3, -0.25) is 0 Å². The smallest absolute Gasteiger partial charge is 0.375 e. The lowest BCUT2D eigenvalue weighted by molar-refractivity contribution is -0.141. The second kappa shape index (κ2) is 6.45. The number of carbonyl (C=O) groups is 1. The van der Waals surface area contributed by atoms with Crippen LogP contribution < -0.4 is 4.74 Å². The van der Waals surface area contributed by atoms with E-state index in [1.165, 1.54) is 6.92 Å². The summed E-state index contributed by atoms with van der Waals surface area (Å²) in [7, 11) is 0. The highest BCUT2D eigenvalue weighted by Gasteiger charge is 2.17. The molecule has 1 aromatic rings. The van der Waals surface area contributed by atoms with Crippen LogP contribution in [0.3, 0.4) is 0 Å². The molecule has 4 heteroatoms. The first-order chi connectivity index (χ1) is 8.58. The molecule has 18 heavy (non-hydrogen) atoms. The van der Waals surface area contributed by atoms with Crippen molar-refractivity contribution in [2.24, 2.45) is 0 Å². The number of ether oxygens (including phenoxy) is 2. The Morgan fingerprint density at radius 1 is 1.44 bits per heavy atom. The van der Waals surface area contributed by atoms with Crippen LogP contribution >= 0.6 is 0 Å². The molecule has 94 valence electrons. The third-order valence-corrected chi connectivity index (χ3v) is 2.18. The fraction of sp³-hybridized carbons (Fsp3) is 0.286. The van der Waals surface area contributed by atoms with Crippen molar-refractivity contribution in [2.45, 2.75) is 20.8 Å².